The van der Waals surface area contributed by atoms with E-state index in [9.17, 15) is 22.4 Å². The summed E-state index contributed by atoms with van der Waals surface area (Å²) in [6.07, 6.45) is -9.25. The topological polar surface area (TPSA) is 66.8 Å². The Morgan fingerprint density at radius 3 is 2.14 bits per heavy atom. The van der Waals surface area contributed by atoms with Crippen molar-refractivity contribution in [3.05, 3.63) is 0 Å². The largest absolute Gasteiger partial charge is 0.464 e. The molecule has 1 atom stereocenters. The summed E-state index contributed by atoms with van der Waals surface area (Å²) in [4.78, 5) is 10.4. The highest BCUT2D eigenvalue weighted by molar-refractivity contribution is 5.75. The molecule has 0 aliphatic rings. The Bertz CT molecular complexity index is 212. The molecular formula is C6H8F4O4. The summed E-state index contributed by atoms with van der Waals surface area (Å²) in [6, 6.07) is 0. The van der Waals surface area contributed by atoms with Crippen molar-refractivity contribution >= 4 is 5.97 Å². The number of esters is 1. The van der Waals surface area contributed by atoms with Crippen molar-refractivity contribution in [1.82, 2.24) is 0 Å². The predicted molar refractivity (Wildman–Crippen MR) is 34.8 cm³/mol. The van der Waals surface area contributed by atoms with E-state index in [1.54, 1.807) is 0 Å². The van der Waals surface area contributed by atoms with Crippen LogP contribution in [0.4, 0.5) is 17.6 Å². The number of rotatable bonds is 3. The van der Waals surface area contributed by atoms with Crippen LogP contribution in [-0.4, -0.2) is 40.9 Å². The summed E-state index contributed by atoms with van der Waals surface area (Å²) in [6.45, 7) is 0.863. The first-order valence-corrected chi connectivity index (χ1v) is 3.46. The van der Waals surface area contributed by atoms with Crippen LogP contribution >= 0.6 is 0 Å². The van der Waals surface area contributed by atoms with Gasteiger partial charge in [0.2, 0.25) is 0 Å². The summed E-state index contributed by atoms with van der Waals surface area (Å²) in [5.41, 5.74) is 0. The molecule has 0 aromatic carbocycles. The van der Waals surface area contributed by atoms with Gasteiger partial charge in [-0.2, -0.15) is 13.2 Å². The highest BCUT2D eigenvalue weighted by Crippen LogP contribution is 2.32. The third kappa shape index (κ3) is 2.55. The lowest BCUT2D eigenvalue weighted by Crippen LogP contribution is -2.56. The zero-order valence-corrected chi connectivity index (χ0v) is 7.01. The fraction of sp³-hybridized carbons (Fsp3) is 0.833. The Kier molecular flexibility index (Phi) is 3.83. The van der Waals surface area contributed by atoms with Crippen molar-refractivity contribution in [2.45, 2.75) is 25.1 Å². The summed E-state index contributed by atoms with van der Waals surface area (Å²) in [5.74, 6) is -6.70. The molecule has 0 rings (SSSR count). The van der Waals surface area contributed by atoms with Gasteiger partial charge in [-0.1, -0.05) is 0 Å². The quantitative estimate of drug-likeness (QED) is 0.403. The van der Waals surface area contributed by atoms with Gasteiger partial charge in [0.1, 0.15) is 0 Å². The zero-order valence-electron chi connectivity index (χ0n) is 7.01. The fourth-order valence-corrected chi connectivity index (χ4v) is 0.523. The molecule has 0 heterocycles. The molecule has 0 fully saturated rings. The van der Waals surface area contributed by atoms with E-state index in [0.717, 1.165) is 0 Å². The number of carbonyl (C=O) groups excluding carboxylic acids is 1. The van der Waals surface area contributed by atoms with Crippen molar-refractivity contribution in [2.24, 2.45) is 0 Å². The van der Waals surface area contributed by atoms with E-state index in [2.05, 4.69) is 4.74 Å². The highest BCUT2D eigenvalue weighted by Gasteiger charge is 2.62. The lowest BCUT2D eigenvalue weighted by atomic mass is 10.1. The first-order chi connectivity index (χ1) is 6.14. The van der Waals surface area contributed by atoms with Crippen LogP contribution < -0.4 is 0 Å². The molecule has 14 heavy (non-hydrogen) atoms. The van der Waals surface area contributed by atoms with Crippen molar-refractivity contribution in [1.29, 1.82) is 0 Å². The fourth-order valence-electron chi connectivity index (χ4n) is 0.523. The third-order valence-electron chi connectivity index (χ3n) is 1.26. The standard InChI is InChI=1S/C6H8F4O4/c1-2-14-4(11)3(7)5(12,13)6(8,9)10/h3,12-13H,2H2,1H3. The number of hydrogen-bond acceptors (Lipinski definition) is 4. The minimum Gasteiger partial charge on any atom is -0.464 e. The molecule has 0 saturated carbocycles. The average molecular weight is 220 g/mol. The van der Waals surface area contributed by atoms with E-state index in [1.807, 2.05) is 0 Å². The van der Waals surface area contributed by atoms with Crippen LogP contribution in [-0.2, 0) is 9.53 Å². The molecule has 0 spiro atoms. The van der Waals surface area contributed by atoms with Gasteiger partial charge in [0.15, 0.2) is 0 Å². The van der Waals surface area contributed by atoms with Gasteiger partial charge in [-0.25, -0.2) is 9.18 Å². The maximum atomic E-state index is 12.6. The number of carbonyl (C=O) groups is 1. The smallest absolute Gasteiger partial charge is 0.446 e. The molecule has 0 amide bonds. The number of alkyl halides is 4. The maximum absolute atomic E-state index is 12.6. The molecule has 1 unspecified atom stereocenters. The second-order valence-electron chi connectivity index (χ2n) is 2.34. The van der Waals surface area contributed by atoms with E-state index < -0.39 is 24.1 Å². The minimum atomic E-state index is -5.67. The number of halogens is 4. The van der Waals surface area contributed by atoms with Crippen LogP contribution in [0.2, 0.25) is 0 Å². The minimum absolute atomic E-state index is 0.368. The molecule has 0 aromatic heterocycles. The normalized spacial score (nSPS) is 15.1. The van der Waals surface area contributed by atoms with Gasteiger partial charge in [-0.15, -0.1) is 0 Å². The van der Waals surface area contributed by atoms with E-state index in [0.29, 0.717) is 0 Å². The van der Waals surface area contributed by atoms with Crippen LogP contribution in [0.3, 0.4) is 0 Å². The van der Waals surface area contributed by atoms with Crippen molar-refractivity contribution < 1.29 is 37.3 Å². The molecular weight excluding hydrogens is 212 g/mol. The summed E-state index contributed by atoms with van der Waals surface area (Å²) >= 11 is 0. The maximum Gasteiger partial charge on any atom is 0.446 e. The molecule has 84 valence electrons. The van der Waals surface area contributed by atoms with Crippen LogP contribution in [0.15, 0.2) is 0 Å². The van der Waals surface area contributed by atoms with Crippen LogP contribution in [0.1, 0.15) is 6.92 Å². The van der Waals surface area contributed by atoms with E-state index in [-0.39, 0.29) is 6.61 Å². The van der Waals surface area contributed by atoms with Crippen molar-refractivity contribution in [3.63, 3.8) is 0 Å². The molecule has 0 aliphatic heterocycles. The Morgan fingerprint density at radius 2 is 1.86 bits per heavy atom. The third-order valence-corrected chi connectivity index (χ3v) is 1.26. The predicted octanol–water partition coefficient (Wildman–Crippen LogP) is 0.131. The van der Waals surface area contributed by atoms with E-state index >= 15 is 0 Å². The molecule has 4 nitrogen and oxygen atoms in total. The van der Waals surface area contributed by atoms with Gasteiger partial charge in [-0.3, -0.25) is 0 Å². The number of hydrogen-bond donors (Lipinski definition) is 2. The van der Waals surface area contributed by atoms with E-state index in [4.69, 9.17) is 10.2 Å². The van der Waals surface area contributed by atoms with Gasteiger partial charge >= 0.3 is 17.9 Å². The molecule has 0 saturated heterocycles. The molecule has 0 radical (unpaired) electrons. The molecule has 0 bridgehead atoms. The summed E-state index contributed by atoms with van der Waals surface area (Å²) in [7, 11) is 0. The SMILES string of the molecule is CCOC(=O)C(F)C(O)(O)C(F)(F)F. The van der Waals surface area contributed by atoms with Crippen LogP contribution in [0, 0.1) is 0 Å². The highest BCUT2D eigenvalue weighted by atomic mass is 19.4. The van der Waals surface area contributed by atoms with E-state index in [1.165, 1.54) is 6.92 Å². The summed E-state index contributed by atoms with van der Waals surface area (Å²) in [5, 5.41) is 16.5. The van der Waals surface area contributed by atoms with Crippen molar-refractivity contribution in [3.8, 4) is 0 Å². The Hall–Kier alpha value is -0.890. The van der Waals surface area contributed by atoms with Gasteiger partial charge in [0, 0.05) is 0 Å². The van der Waals surface area contributed by atoms with Gasteiger partial charge < -0.3 is 14.9 Å². The Labute approximate surface area is 76.1 Å². The lowest BCUT2D eigenvalue weighted by molar-refractivity contribution is -0.366. The number of aliphatic hydroxyl groups is 2. The lowest BCUT2D eigenvalue weighted by Gasteiger charge is -2.26. The zero-order chi connectivity index (χ0) is 11.6. The van der Waals surface area contributed by atoms with Gasteiger partial charge in [0.25, 0.3) is 6.17 Å². The van der Waals surface area contributed by atoms with Crippen LogP contribution in [0.5, 0.6) is 0 Å². The first kappa shape index (κ1) is 13.1. The Morgan fingerprint density at radius 1 is 1.43 bits per heavy atom. The second kappa shape index (κ2) is 4.09. The Balaban J connectivity index is 4.66. The van der Waals surface area contributed by atoms with Gasteiger partial charge in [-0.05, 0) is 6.92 Å². The monoisotopic (exact) mass is 220 g/mol. The first-order valence-electron chi connectivity index (χ1n) is 3.46. The molecule has 8 heteroatoms. The van der Waals surface area contributed by atoms with Gasteiger partial charge in [0.05, 0.1) is 6.61 Å². The van der Waals surface area contributed by atoms with Crippen molar-refractivity contribution in [2.75, 3.05) is 6.61 Å². The molecule has 0 aromatic rings. The number of ether oxygens (including phenoxy) is 1. The summed E-state index contributed by atoms with van der Waals surface area (Å²) < 4.78 is 51.6. The molecule has 2 N–H and O–H groups in total. The average Bonchev–Trinajstić information content (AvgIpc) is 2.01. The molecule has 0 aliphatic carbocycles. The van der Waals surface area contributed by atoms with Crippen LogP contribution in [0.25, 0.3) is 0 Å². The second-order valence-corrected chi connectivity index (χ2v) is 2.34.